The molecule has 1 aromatic rings. The SMILES string of the molecule is CCNC(=NCCC(=O)NC1CCS(=O)(=O)C1)N(C)Cc1ccc(F)cc1. The molecule has 27 heavy (non-hydrogen) atoms. The van der Waals surface area contributed by atoms with E-state index in [9.17, 15) is 17.6 Å². The number of rotatable bonds is 7. The standard InChI is InChI=1S/C18H27FN4O3S/c1-3-20-18(23(2)12-14-4-6-15(19)7-5-14)21-10-8-17(24)22-16-9-11-27(25,26)13-16/h4-7,16H,3,8-13H2,1-2H3,(H,20,21)(H,22,24). The lowest BCUT2D eigenvalue weighted by Gasteiger charge is -2.22. The summed E-state index contributed by atoms with van der Waals surface area (Å²) in [6.45, 7) is 3.48. The Labute approximate surface area is 160 Å². The zero-order valence-electron chi connectivity index (χ0n) is 15.7. The first-order chi connectivity index (χ1) is 12.8. The van der Waals surface area contributed by atoms with Crippen LogP contribution in [-0.4, -0.2) is 62.9 Å². The lowest BCUT2D eigenvalue weighted by atomic mass is 10.2. The number of nitrogens with one attached hydrogen (secondary N) is 2. The summed E-state index contributed by atoms with van der Waals surface area (Å²) >= 11 is 0. The molecule has 0 aliphatic carbocycles. The van der Waals surface area contributed by atoms with Crippen LogP contribution in [0.3, 0.4) is 0 Å². The number of sulfone groups is 1. The zero-order valence-corrected chi connectivity index (χ0v) is 16.6. The van der Waals surface area contributed by atoms with Gasteiger partial charge in [0, 0.05) is 32.6 Å². The van der Waals surface area contributed by atoms with Crippen molar-refractivity contribution in [3.63, 3.8) is 0 Å². The number of hydrogen-bond donors (Lipinski definition) is 2. The van der Waals surface area contributed by atoms with Crippen LogP contribution in [0.15, 0.2) is 29.3 Å². The third-order valence-electron chi connectivity index (χ3n) is 4.23. The number of amides is 1. The van der Waals surface area contributed by atoms with E-state index in [0.717, 1.165) is 5.56 Å². The first-order valence-corrected chi connectivity index (χ1v) is 10.8. The molecule has 1 amide bonds. The number of aliphatic imine (C=N–C) groups is 1. The molecule has 0 spiro atoms. The second-order valence-corrected chi connectivity index (χ2v) is 8.86. The molecule has 1 aromatic carbocycles. The zero-order chi connectivity index (χ0) is 19.9. The van der Waals surface area contributed by atoms with Gasteiger partial charge in [-0.2, -0.15) is 0 Å². The van der Waals surface area contributed by atoms with Crippen LogP contribution >= 0.6 is 0 Å². The first-order valence-electron chi connectivity index (χ1n) is 9.02. The monoisotopic (exact) mass is 398 g/mol. The Morgan fingerprint density at radius 1 is 1.33 bits per heavy atom. The minimum absolute atomic E-state index is 0.0189. The van der Waals surface area contributed by atoms with Crippen molar-refractivity contribution in [2.75, 3.05) is 31.6 Å². The Morgan fingerprint density at radius 3 is 2.63 bits per heavy atom. The summed E-state index contributed by atoms with van der Waals surface area (Å²) in [6.07, 6.45) is 0.663. The average Bonchev–Trinajstić information content (AvgIpc) is 2.94. The molecule has 1 aliphatic heterocycles. The fraction of sp³-hybridized carbons (Fsp3) is 0.556. The molecule has 2 rings (SSSR count). The largest absolute Gasteiger partial charge is 0.357 e. The van der Waals surface area contributed by atoms with Crippen LogP contribution in [0.2, 0.25) is 0 Å². The maximum atomic E-state index is 13.0. The van der Waals surface area contributed by atoms with Gasteiger partial charge in [0.1, 0.15) is 5.82 Å². The first kappa shape index (κ1) is 21.1. The molecule has 0 aromatic heterocycles. The number of carbonyl (C=O) groups is 1. The molecule has 0 radical (unpaired) electrons. The number of benzene rings is 1. The van der Waals surface area contributed by atoms with Gasteiger partial charge in [-0.25, -0.2) is 12.8 Å². The third kappa shape index (κ3) is 7.16. The van der Waals surface area contributed by atoms with Crippen molar-refractivity contribution in [1.29, 1.82) is 0 Å². The van der Waals surface area contributed by atoms with Gasteiger partial charge in [-0.15, -0.1) is 0 Å². The van der Waals surface area contributed by atoms with Crippen molar-refractivity contribution in [2.45, 2.75) is 32.4 Å². The van der Waals surface area contributed by atoms with E-state index < -0.39 is 9.84 Å². The molecule has 7 nitrogen and oxygen atoms in total. The van der Waals surface area contributed by atoms with Gasteiger partial charge in [0.25, 0.3) is 0 Å². The fourth-order valence-corrected chi connectivity index (χ4v) is 4.55. The van der Waals surface area contributed by atoms with E-state index in [1.165, 1.54) is 12.1 Å². The molecule has 0 bridgehead atoms. The van der Waals surface area contributed by atoms with Gasteiger partial charge in [0.05, 0.1) is 18.1 Å². The van der Waals surface area contributed by atoms with Crippen molar-refractivity contribution in [1.82, 2.24) is 15.5 Å². The summed E-state index contributed by atoms with van der Waals surface area (Å²) in [7, 11) is -1.14. The lowest BCUT2D eigenvalue weighted by molar-refractivity contribution is -0.121. The second kappa shape index (κ2) is 9.68. The summed E-state index contributed by atoms with van der Waals surface area (Å²) < 4.78 is 35.9. The van der Waals surface area contributed by atoms with Crippen LogP contribution in [0.25, 0.3) is 0 Å². The van der Waals surface area contributed by atoms with Gasteiger partial charge >= 0.3 is 0 Å². The highest BCUT2D eigenvalue weighted by Crippen LogP contribution is 2.11. The van der Waals surface area contributed by atoms with E-state index in [2.05, 4.69) is 15.6 Å². The second-order valence-electron chi connectivity index (χ2n) is 6.64. The summed E-state index contributed by atoms with van der Waals surface area (Å²) in [6, 6.07) is 5.99. The van der Waals surface area contributed by atoms with E-state index >= 15 is 0 Å². The van der Waals surface area contributed by atoms with Gasteiger partial charge in [-0.3, -0.25) is 9.79 Å². The smallest absolute Gasteiger partial charge is 0.222 e. The summed E-state index contributed by atoms with van der Waals surface area (Å²) in [5.41, 5.74) is 0.949. The molecule has 2 N–H and O–H groups in total. The van der Waals surface area contributed by atoms with Gasteiger partial charge in [-0.05, 0) is 31.0 Å². The highest BCUT2D eigenvalue weighted by molar-refractivity contribution is 7.91. The average molecular weight is 399 g/mol. The van der Waals surface area contributed by atoms with Crippen molar-refractivity contribution in [3.05, 3.63) is 35.6 Å². The molecule has 0 saturated carbocycles. The fourth-order valence-electron chi connectivity index (χ4n) is 2.88. The summed E-state index contributed by atoms with van der Waals surface area (Å²) in [5.74, 6) is 0.332. The number of nitrogens with zero attached hydrogens (tertiary/aromatic N) is 2. The van der Waals surface area contributed by atoms with Gasteiger partial charge < -0.3 is 15.5 Å². The number of halogens is 1. The Kier molecular flexibility index (Phi) is 7.58. The quantitative estimate of drug-likeness (QED) is 0.526. The minimum Gasteiger partial charge on any atom is -0.357 e. The molecule has 1 aliphatic rings. The van der Waals surface area contributed by atoms with Crippen LogP contribution in [0.5, 0.6) is 0 Å². The van der Waals surface area contributed by atoms with Crippen molar-refractivity contribution in [2.24, 2.45) is 4.99 Å². The van der Waals surface area contributed by atoms with Crippen LogP contribution in [-0.2, 0) is 21.2 Å². The van der Waals surface area contributed by atoms with E-state index in [-0.39, 0.29) is 35.7 Å². The predicted molar refractivity (Wildman–Crippen MR) is 104 cm³/mol. The Bertz CT molecular complexity index is 765. The normalized spacial score (nSPS) is 18.9. The van der Waals surface area contributed by atoms with E-state index in [4.69, 9.17) is 0 Å². The molecule has 1 unspecified atom stereocenters. The van der Waals surface area contributed by atoms with Crippen molar-refractivity contribution < 1.29 is 17.6 Å². The Balaban J connectivity index is 1.84. The topological polar surface area (TPSA) is 90.9 Å². The molecular weight excluding hydrogens is 371 g/mol. The molecule has 9 heteroatoms. The van der Waals surface area contributed by atoms with Gasteiger partial charge in [0.15, 0.2) is 15.8 Å². The lowest BCUT2D eigenvalue weighted by Crippen LogP contribution is -2.39. The highest BCUT2D eigenvalue weighted by Gasteiger charge is 2.28. The number of hydrogen-bond acceptors (Lipinski definition) is 4. The molecular formula is C18H27FN4O3S. The van der Waals surface area contributed by atoms with Crippen LogP contribution in [0.4, 0.5) is 4.39 Å². The summed E-state index contributed by atoms with van der Waals surface area (Å²) in [5, 5.41) is 5.92. The molecule has 150 valence electrons. The maximum Gasteiger partial charge on any atom is 0.222 e. The predicted octanol–water partition coefficient (Wildman–Crippen LogP) is 0.916. The van der Waals surface area contributed by atoms with E-state index in [1.807, 2.05) is 18.9 Å². The number of guanidine groups is 1. The summed E-state index contributed by atoms with van der Waals surface area (Å²) in [4.78, 5) is 18.3. The molecule has 1 fully saturated rings. The molecule has 1 heterocycles. The molecule has 1 atom stereocenters. The van der Waals surface area contributed by atoms with Gasteiger partial charge in [-0.1, -0.05) is 12.1 Å². The number of carbonyl (C=O) groups excluding carboxylic acids is 1. The van der Waals surface area contributed by atoms with Crippen LogP contribution in [0.1, 0.15) is 25.3 Å². The van der Waals surface area contributed by atoms with Crippen molar-refractivity contribution in [3.8, 4) is 0 Å². The molecule has 1 saturated heterocycles. The van der Waals surface area contributed by atoms with E-state index in [1.54, 1.807) is 12.1 Å². The van der Waals surface area contributed by atoms with Gasteiger partial charge in [0.2, 0.25) is 5.91 Å². The highest BCUT2D eigenvalue weighted by atomic mass is 32.2. The third-order valence-corrected chi connectivity index (χ3v) is 6.00. The minimum atomic E-state index is -3.01. The van der Waals surface area contributed by atoms with E-state index in [0.29, 0.717) is 32.0 Å². The van der Waals surface area contributed by atoms with Crippen molar-refractivity contribution >= 4 is 21.7 Å². The Hall–Kier alpha value is -2.16. The van der Waals surface area contributed by atoms with Crippen LogP contribution < -0.4 is 10.6 Å². The maximum absolute atomic E-state index is 13.0. The van der Waals surface area contributed by atoms with Crippen LogP contribution in [0, 0.1) is 5.82 Å². The Morgan fingerprint density at radius 2 is 2.04 bits per heavy atom.